The minimum absolute atomic E-state index is 0.864. The van der Waals surface area contributed by atoms with Crippen molar-refractivity contribution >= 4 is 71.3 Å². The van der Waals surface area contributed by atoms with E-state index in [0.717, 1.165) is 55.7 Å². The number of fused-ring (bicyclic) bond motifs is 7. The van der Waals surface area contributed by atoms with E-state index >= 15 is 0 Å². The Bertz CT molecular complexity index is 3260. The summed E-state index contributed by atoms with van der Waals surface area (Å²) in [6.07, 6.45) is 0. The number of furan rings is 1. The maximum atomic E-state index is 6.47. The maximum Gasteiger partial charge on any atom is 0.137 e. The molecule has 0 atom stereocenters. The van der Waals surface area contributed by atoms with Gasteiger partial charge in [0.1, 0.15) is 11.2 Å². The Hall–Kier alpha value is -7.42. The number of nitrogens with zero attached hydrogens (tertiary/aromatic N) is 1. The van der Waals surface area contributed by atoms with Crippen molar-refractivity contribution in [3.8, 4) is 33.4 Å². The quantitative estimate of drug-likeness (QED) is 0.160. The summed E-state index contributed by atoms with van der Waals surface area (Å²) >= 11 is 0. The van der Waals surface area contributed by atoms with Crippen molar-refractivity contribution in [2.24, 2.45) is 0 Å². The molecule has 0 amide bonds. The summed E-state index contributed by atoms with van der Waals surface area (Å²) in [4.78, 5) is 2.42. The number of hydrogen-bond acceptors (Lipinski definition) is 2. The van der Waals surface area contributed by atoms with Crippen molar-refractivity contribution in [1.82, 2.24) is 0 Å². The fourth-order valence-electron chi connectivity index (χ4n) is 8.57. The van der Waals surface area contributed by atoms with Crippen molar-refractivity contribution < 1.29 is 4.42 Å². The summed E-state index contributed by atoms with van der Waals surface area (Å²) in [7, 11) is 0. The molecule has 0 saturated carbocycles. The molecule has 10 aromatic carbocycles. The lowest BCUT2D eigenvalue weighted by Crippen LogP contribution is -2.11. The van der Waals surface area contributed by atoms with Gasteiger partial charge in [0.2, 0.25) is 0 Å². The summed E-state index contributed by atoms with van der Waals surface area (Å²) in [6, 6.07) is 76.6. The summed E-state index contributed by atoms with van der Waals surface area (Å²) in [5.41, 5.74) is 12.0. The standard InChI is InChI=1S/C54H35NO/c1-2-14-40-34-42(31-30-36(40)12-1)38-28-26-37(27-29-38)41-15-9-16-43(35-41)55(51-23-11-25-53-54(51)49-19-6-8-24-52(49)56-53)50-22-7-5-18-48(50)46-21-10-20-45-44-17-4-3-13-39(44)32-33-47(45)46/h1-35H. The molecule has 2 nitrogen and oxygen atoms in total. The minimum atomic E-state index is 0.864. The van der Waals surface area contributed by atoms with Crippen LogP contribution in [0.5, 0.6) is 0 Å². The highest BCUT2D eigenvalue weighted by Gasteiger charge is 2.23. The van der Waals surface area contributed by atoms with Gasteiger partial charge in [-0.1, -0.05) is 170 Å². The van der Waals surface area contributed by atoms with Gasteiger partial charge >= 0.3 is 0 Å². The zero-order valence-corrected chi connectivity index (χ0v) is 30.6. The topological polar surface area (TPSA) is 16.4 Å². The Morgan fingerprint density at radius 3 is 1.77 bits per heavy atom. The van der Waals surface area contributed by atoms with Gasteiger partial charge < -0.3 is 9.32 Å². The lowest BCUT2D eigenvalue weighted by atomic mass is 9.93. The van der Waals surface area contributed by atoms with Gasteiger partial charge in [-0.25, -0.2) is 0 Å². The second-order valence-corrected chi connectivity index (χ2v) is 14.5. The first-order valence-corrected chi connectivity index (χ1v) is 19.2. The molecule has 262 valence electrons. The van der Waals surface area contributed by atoms with Crippen molar-refractivity contribution in [1.29, 1.82) is 0 Å². The first kappa shape index (κ1) is 32.0. The number of hydrogen-bond donors (Lipinski definition) is 0. The van der Waals surface area contributed by atoms with Crippen LogP contribution < -0.4 is 4.90 Å². The molecule has 0 radical (unpaired) electrons. The van der Waals surface area contributed by atoms with Crippen LogP contribution in [0.15, 0.2) is 217 Å². The lowest BCUT2D eigenvalue weighted by molar-refractivity contribution is 0.669. The largest absolute Gasteiger partial charge is 0.456 e. The molecule has 0 fully saturated rings. The predicted octanol–water partition coefficient (Wildman–Crippen LogP) is 15.5. The minimum Gasteiger partial charge on any atom is -0.456 e. The molecule has 11 rings (SSSR count). The van der Waals surface area contributed by atoms with Crippen LogP contribution in [0.2, 0.25) is 0 Å². The zero-order chi connectivity index (χ0) is 37.0. The van der Waals surface area contributed by atoms with Crippen molar-refractivity contribution in [2.75, 3.05) is 4.90 Å². The average Bonchev–Trinajstić information content (AvgIpc) is 3.66. The molecule has 0 N–H and O–H groups in total. The average molecular weight is 714 g/mol. The van der Waals surface area contributed by atoms with Gasteiger partial charge in [-0.05, 0) is 103 Å². The van der Waals surface area contributed by atoms with Gasteiger partial charge in [0.25, 0.3) is 0 Å². The molecule has 0 aliphatic carbocycles. The van der Waals surface area contributed by atoms with Crippen LogP contribution in [0.4, 0.5) is 17.1 Å². The van der Waals surface area contributed by atoms with Gasteiger partial charge in [-0.15, -0.1) is 0 Å². The van der Waals surface area contributed by atoms with E-state index in [-0.39, 0.29) is 0 Å². The number of para-hydroxylation sites is 2. The van der Waals surface area contributed by atoms with Crippen molar-refractivity contribution in [3.63, 3.8) is 0 Å². The number of anilines is 3. The zero-order valence-electron chi connectivity index (χ0n) is 30.6. The third kappa shape index (κ3) is 5.34. The van der Waals surface area contributed by atoms with Crippen LogP contribution in [0.3, 0.4) is 0 Å². The molecule has 1 heterocycles. The van der Waals surface area contributed by atoms with Crippen LogP contribution in [0.25, 0.3) is 87.6 Å². The Labute approximate surface area is 325 Å². The summed E-state index contributed by atoms with van der Waals surface area (Å²) in [5, 5.41) is 9.67. The summed E-state index contributed by atoms with van der Waals surface area (Å²) in [5.74, 6) is 0. The first-order valence-electron chi connectivity index (χ1n) is 19.2. The lowest BCUT2D eigenvalue weighted by Gasteiger charge is -2.29. The highest BCUT2D eigenvalue weighted by Crippen LogP contribution is 2.47. The van der Waals surface area contributed by atoms with E-state index in [2.05, 4.69) is 211 Å². The molecule has 0 saturated heterocycles. The van der Waals surface area contributed by atoms with E-state index in [9.17, 15) is 0 Å². The van der Waals surface area contributed by atoms with Crippen LogP contribution >= 0.6 is 0 Å². The van der Waals surface area contributed by atoms with E-state index in [1.165, 1.54) is 49.0 Å². The van der Waals surface area contributed by atoms with Crippen LogP contribution in [0, 0.1) is 0 Å². The van der Waals surface area contributed by atoms with E-state index in [0.29, 0.717) is 0 Å². The molecule has 56 heavy (non-hydrogen) atoms. The van der Waals surface area contributed by atoms with E-state index in [4.69, 9.17) is 4.42 Å². The van der Waals surface area contributed by atoms with Crippen molar-refractivity contribution in [2.45, 2.75) is 0 Å². The Balaban J connectivity index is 1.10. The fraction of sp³-hybridized carbons (Fsp3) is 0. The van der Waals surface area contributed by atoms with Gasteiger partial charge in [-0.2, -0.15) is 0 Å². The highest BCUT2D eigenvalue weighted by molar-refractivity contribution is 6.16. The Morgan fingerprint density at radius 2 is 0.893 bits per heavy atom. The molecular weight excluding hydrogens is 679 g/mol. The summed E-state index contributed by atoms with van der Waals surface area (Å²) in [6.45, 7) is 0. The molecule has 0 spiro atoms. The second-order valence-electron chi connectivity index (χ2n) is 14.5. The molecule has 0 aliphatic heterocycles. The molecule has 11 aromatic rings. The SMILES string of the molecule is c1cc(-c2ccc(-c3ccc4ccccc4c3)cc2)cc(N(c2ccccc2-c2cccc3c2ccc2ccccc23)c2cccc3oc4ccccc4c23)c1. The third-order valence-corrected chi connectivity index (χ3v) is 11.2. The van der Waals surface area contributed by atoms with Gasteiger partial charge in [0.05, 0.1) is 16.8 Å². The fourth-order valence-corrected chi connectivity index (χ4v) is 8.57. The Kier molecular flexibility index (Phi) is 7.53. The Morgan fingerprint density at radius 1 is 0.304 bits per heavy atom. The second kappa shape index (κ2) is 13.2. The molecule has 0 unspecified atom stereocenters. The van der Waals surface area contributed by atoms with Gasteiger partial charge in [0.15, 0.2) is 0 Å². The van der Waals surface area contributed by atoms with Crippen LogP contribution in [-0.2, 0) is 0 Å². The highest BCUT2D eigenvalue weighted by atomic mass is 16.3. The first-order chi connectivity index (χ1) is 27.8. The number of benzene rings is 10. The number of rotatable bonds is 6. The third-order valence-electron chi connectivity index (χ3n) is 11.2. The molecule has 0 aliphatic rings. The van der Waals surface area contributed by atoms with Gasteiger partial charge in [-0.3, -0.25) is 0 Å². The van der Waals surface area contributed by atoms with E-state index in [1.54, 1.807) is 0 Å². The molecule has 2 heteroatoms. The van der Waals surface area contributed by atoms with E-state index in [1.807, 2.05) is 6.07 Å². The van der Waals surface area contributed by atoms with Crippen LogP contribution in [0.1, 0.15) is 0 Å². The summed E-state index contributed by atoms with van der Waals surface area (Å²) < 4.78 is 6.47. The monoisotopic (exact) mass is 713 g/mol. The van der Waals surface area contributed by atoms with Gasteiger partial charge in [0, 0.05) is 16.6 Å². The van der Waals surface area contributed by atoms with Crippen molar-refractivity contribution in [3.05, 3.63) is 212 Å². The van der Waals surface area contributed by atoms with Crippen LogP contribution in [-0.4, -0.2) is 0 Å². The normalized spacial score (nSPS) is 11.6. The molecular formula is C54H35NO. The molecule has 1 aromatic heterocycles. The smallest absolute Gasteiger partial charge is 0.137 e. The predicted molar refractivity (Wildman–Crippen MR) is 237 cm³/mol. The maximum absolute atomic E-state index is 6.47. The molecule has 0 bridgehead atoms. The van der Waals surface area contributed by atoms with E-state index < -0.39 is 0 Å².